The van der Waals surface area contributed by atoms with Gasteiger partial charge in [0.25, 0.3) is 0 Å². The highest BCUT2D eigenvalue weighted by atomic mass is 15.2. The van der Waals surface area contributed by atoms with Crippen LogP contribution in [0.1, 0.15) is 32.9 Å². The van der Waals surface area contributed by atoms with Gasteiger partial charge < -0.3 is 9.88 Å². The van der Waals surface area contributed by atoms with Gasteiger partial charge in [-0.25, -0.2) is 4.98 Å². The zero-order valence-corrected chi connectivity index (χ0v) is 9.89. The van der Waals surface area contributed by atoms with Gasteiger partial charge in [-0.1, -0.05) is 20.8 Å². The van der Waals surface area contributed by atoms with Gasteiger partial charge in [0, 0.05) is 19.8 Å². The highest BCUT2D eigenvalue weighted by Gasteiger charge is 2.09. The molecule has 1 rings (SSSR count). The average Bonchev–Trinajstić information content (AvgIpc) is 2.27. The van der Waals surface area contributed by atoms with Crippen LogP contribution in [-0.4, -0.2) is 16.1 Å². The molecule has 1 aromatic rings. The standard InChI is InChI=1S/C11H21N3/c1-9-8-14(5)10(13-9)12-7-6-11(2,3)4/h8H,6-7H2,1-5H3,(H,12,13). The number of hydrogen-bond donors (Lipinski definition) is 1. The van der Waals surface area contributed by atoms with E-state index in [9.17, 15) is 0 Å². The van der Waals surface area contributed by atoms with Crippen molar-refractivity contribution >= 4 is 5.95 Å². The van der Waals surface area contributed by atoms with E-state index in [0.717, 1.165) is 24.6 Å². The van der Waals surface area contributed by atoms with Crippen molar-refractivity contribution < 1.29 is 0 Å². The van der Waals surface area contributed by atoms with Crippen LogP contribution in [0, 0.1) is 12.3 Å². The van der Waals surface area contributed by atoms with Crippen molar-refractivity contribution in [2.24, 2.45) is 12.5 Å². The van der Waals surface area contributed by atoms with Crippen molar-refractivity contribution in [1.29, 1.82) is 0 Å². The first-order chi connectivity index (χ1) is 6.38. The van der Waals surface area contributed by atoms with E-state index in [1.807, 2.05) is 24.7 Å². The number of imidazole rings is 1. The predicted molar refractivity (Wildman–Crippen MR) is 60.5 cm³/mol. The zero-order valence-electron chi connectivity index (χ0n) is 9.89. The maximum absolute atomic E-state index is 4.38. The summed E-state index contributed by atoms with van der Waals surface area (Å²) in [6, 6.07) is 0. The van der Waals surface area contributed by atoms with Crippen LogP contribution in [0.3, 0.4) is 0 Å². The third kappa shape index (κ3) is 3.40. The lowest BCUT2D eigenvalue weighted by atomic mass is 9.92. The minimum absolute atomic E-state index is 0.382. The molecule has 0 aliphatic rings. The van der Waals surface area contributed by atoms with E-state index in [-0.39, 0.29) is 0 Å². The number of aromatic nitrogens is 2. The van der Waals surface area contributed by atoms with Gasteiger partial charge in [0.15, 0.2) is 0 Å². The van der Waals surface area contributed by atoms with E-state index in [2.05, 4.69) is 31.1 Å². The Morgan fingerprint density at radius 3 is 2.50 bits per heavy atom. The molecule has 0 saturated heterocycles. The Kier molecular flexibility index (Phi) is 3.19. The van der Waals surface area contributed by atoms with Gasteiger partial charge in [0.2, 0.25) is 5.95 Å². The Hall–Kier alpha value is -0.990. The maximum atomic E-state index is 4.38. The summed E-state index contributed by atoms with van der Waals surface area (Å²) in [5.74, 6) is 0.965. The second-order valence-electron chi connectivity index (χ2n) is 5.05. The fourth-order valence-corrected chi connectivity index (χ4v) is 1.33. The molecule has 0 aromatic carbocycles. The van der Waals surface area contributed by atoms with Crippen LogP contribution in [0.15, 0.2) is 6.20 Å². The molecule has 0 aliphatic carbocycles. The van der Waals surface area contributed by atoms with Crippen molar-refractivity contribution in [3.05, 3.63) is 11.9 Å². The molecule has 0 fully saturated rings. The molecule has 80 valence electrons. The van der Waals surface area contributed by atoms with Crippen LogP contribution < -0.4 is 5.32 Å². The summed E-state index contributed by atoms with van der Waals surface area (Å²) < 4.78 is 2.03. The summed E-state index contributed by atoms with van der Waals surface area (Å²) in [7, 11) is 2.01. The molecule has 14 heavy (non-hydrogen) atoms. The third-order valence-electron chi connectivity index (χ3n) is 2.15. The Morgan fingerprint density at radius 1 is 1.43 bits per heavy atom. The van der Waals surface area contributed by atoms with E-state index in [0.29, 0.717) is 5.41 Å². The molecule has 3 heteroatoms. The van der Waals surface area contributed by atoms with Crippen molar-refractivity contribution in [2.45, 2.75) is 34.1 Å². The first kappa shape index (κ1) is 11.1. The van der Waals surface area contributed by atoms with Crippen LogP contribution in [-0.2, 0) is 7.05 Å². The molecule has 0 unspecified atom stereocenters. The average molecular weight is 195 g/mol. The molecule has 0 bridgehead atoms. The number of aryl methyl sites for hydroxylation is 2. The molecule has 0 amide bonds. The van der Waals surface area contributed by atoms with Crippen LogP contribution in [0.2, 0.25) is 0 Å². The molecule has 1 N–H and O–H groups in total. The van der Waals surface area contributed by atoms with Gasteiger partial charge in [0.05, 0.1) is 5.69 Å². The fraction of sp³-hybridized carbons (Fsp3) is 0.727. The van der Waals surface area contributed by atoms with Crippen molar-refractivity contribution in [2.75, 3.05) is 11.9 Å². The number of nitrogens with zero attached hydrogens (tertiary/aromatic N) is 2. The normalized spacial score (nSPS) is 11.8. The summed E-state index contributed by atoms with van der Waals surface area (Å²) in [6.07, 6.45) is 3.18. The van der Waals surface area contributed by atoms with E-state index in [1.165, 1.54) is 0 Å². The lowest BCUT2D eigenvalue weighted by Crippen LogP contribution is -2.14. The lowest BCUT2D eigenvalue weighted by molar-refractivity contribution is 0.389. The number of anilines is 1. The monoisotopic (exact) mass is 195 g/mol. The molecular formula is C11H21N3. The van der Waals surface area contributed by atoms with Crippen LogP contribution in [0.5, 0.6) is 0 Å². The Morgan fingerprint density at radius 2 is 2.07 bits per heavy atom. The van der Waals surface area contributed by atoms with Gasteiger partial charge >= 0.3 is 0 Å². The van der Waals surface area contributed by atoms with E-state index in [4.69, 9.17) is 0 Å². The molecular weight excluding hydrogens is 174 g/mol. The molecule has 3 nitrogen and oxygen atoms in total. The molecule has 0 atom stereocenters. The number of rotatable bonds is 3. The zero-order chi connectivity index (χ0) is 10.8. The molecule has 0 spiro atoms. The largest absolute Gasteiger partial charge is 0.356 e. The van der Waals surface area contributed by atoms with Crippen LogP contribution in [0.4, 0.5) is 5.95 Å². The number of nitrogens with one attached hydrogen (secondary N) is 1. The minimum Gasteiger partial charge on any atom is -0.356 e. The minimum atomic E-state index is 0.382. The van der Waals surface area contributed by atoms with Gasteiger partial charge in [-0.05, 0) is 18.8 Å². The first-order valence-electron chi connectivity index (χ1n) is 5.12. The summed E-state index contributed by atoms with van der Waals surface area (Å²) in [6.45, 7) is 9.73. The number of hydrogen-bond acceptors (Lipinski definition) is 2. The Labute approximate surface area is 86.5 Å². The molecule has 0 radical (unpaired) electrons. The van der Waals surface area contributed by atoms with Crippen molar-refractivity contribution in [3.63, 3.8) is 0 Å². The summed E-state index contributed by atoms with van der Waals surface area (Å²) in [5.41, 5.74) is 1.44. The SMILES string of the molecule is Cc1cn(C)c(NCCC(C)(C)C)n1. The highest BCUT2D eigenvalue weighted by molar-refractivity contribution is 5.27. The van der Waals surface area contributed by atoms with Crippen LogP contribution >= 0.6 is 0 Å². The molecule has 1 heterocycles. The van der Waals surface area contributed by atoms with Gasteiger partial charge in [-0.3, -0.25) is 0 Å². The summed E-state index contributed by atoms with van der Waals surface area (Å²) in [4.78, 5) is 4.38. The van der Waals surface area contributed by atoms with Gasteiger partial charge in [-0.15, -0.1) is 0 Å². The Balaban J connectivity index is 2.42. The van der Waals surface area contributed by atoms with E-state index < -0.39 is 0 Å². The second kappa shape index (κ2) is 4.03. The quantitative estimate of drug-likeness (QED) is 0.803. The first-order valence-corrected chi connectivity index (χ1v) is 5.12. The molecule has 1 aromatic heterocycles. The lowest BCUT2D eigenvalue weighted by Gasteiger charge is -2.18. The van der Waals surface area contributed by atoms with Gasteiger partial charge in [-0.2, -0.15) is 0 Å². The second-order valence-corrected chi connectivity index (χ2v) is 5.05. The van der Waals surface area contributed by atoms with Crippen molar-refractivity contribution in [3.8, 4) is 0 Å². The smallest absolute Gasteiger partial charge is 0.202 e. The fourth-order valence-electron chi connectivity index (χ4n) is 1.33. The van der Waals surface area contributed by atoms with E-state index >= 15 is 0 Å². The summed E-state index contributed by atoms with van der Waals surface area (Å²) in [5, 5.41) is 3.34. The van der Waals surface area contributed by atoms with Crippen LogP contribution in [0.25, 0.3) is 0 Å². The topological polar surface area (TPSA) is 29.9 Å². The maximum Gasteiger partial charge on any atom is 0.202 e. The van der Waals surface area contributed by atoms with Crippen molar-refractivity contribution in [1.82, 2.24) is 9.55 Å². The van der Waals surface area contributed by atoms with E-state index in [1.54, 1.807) is 0 Å². The Bertz CT molecular complexity index is 294. The molecule has 0 aliphatic heterocycles. The molecule has 0 saturated carbocycles. The predicted octanol–water partition coefficient (Wildman–Crippen LogP) is 2.58. The highest BCUT2D eigenvalue weighted by Crippen LogP contribution is 2.18. The third-order valence-corrected chi connectivity index (χ3v) is 2.15. The summed E-state index contributed by atoms with van der Waals surface area (Å²) >= 11 is 0. The van der Waals surface area contributed by atoms with Gasteiger partial charge in [0.1, 0.15) is 0 Å².